The normalized spacial score (nSPS) is 11.4. The second kappa shape index (κ2) is 10.4. The van der Waals surface area contributed by atoms with Crippen molar-refractivity contribution in [2.45, 2.75) is 11.4 Å². The Morgan fingerprint density at radius 2 is 1.68 bits per heavy atom. The fourth-order valence-corrected chi connectivity index (χ4v) is 6.45. The highest BCUT2D eigenvalue weighted by molar-refractivity contribution is 9.10. The van der Waals surface area contributed by atoms with Gasteiger partial charge in [0.1, 0.15) is 0 Å². The quantitative estimate of drug-likeness (QED) is 0.227. The number of thiazole rings is 1. The van der Waals surface area contributed by atoms with Gasteiger partial charge in [0, 0.05) is 23.3 Å². The number of para-hydroxylation sites is 1. The molecule has 0 saturated carbocycles. The lowest BCUT2D eigenvalue weighted by atomic mass is 10.2. The van der Waals surface area contributed by atoms with Gasteiger partial charge < -0.3 is 0 Å². The Bertz CT molecular complexity index is 1660. The largest absolute Gasteiger partial charge is 0.278 e. The number of benzene rings is 3. The van der Waals surface area contributed by atoms with Crippen LogP contribution in [-0.2, 0) is 16.6 Å². The minimum Gasteiger partial charge on any atom is -0.278 e. The fraction of sp³-hybridized carbons (Fsp3) is 0.0741. The van der Waals surface area contributed by atoms with Gasteiger partial charge in [0.05, 0.1) is 33.0 Å². The van der Waals surface area contributed by atoms with E-state index in [9.17, 15) is 13.2 Å². The Balaban J connectivity index is 1.47. The van der Waals surface area contributed by atoms with Crippen LogP contribution in [0.3, 0.4) is 0 Å². The first-order valence-electron chi connectivity index (χ1n) is 11.2. The summed E-state index contributed by atoms with van der Waals surface area (Å²) in [4.78, 5) is 24.4. The summed E-state index contributed by atoms with van der Waals surface area (Å²) in [5.74, 6) is -0.302. The molecule has 7 nitrogen and oxygen atoms in total. The Kier molecular flexibility index (Phi) is 7.05. The van der Waals surface area contributed by atoms with E-state index in [4.69, 9.17) is 0 Å². The third-order valence-electron chi connectivity index (χ3n) is 5.74. The van der Waals surface area contributed by atoms with Crippen molar-refractivity contribution in [3.05, 3.63) is 113 Å². The maximum Gasteiger partial charge on any atom is 0.264 e. The number of halogens is 1. The maximum absolute atomic E-state index is 13.7. The molecule has 186 valence electrons. The average Bonchev–Trinajstić information content (AvgIpc) is 3.35. The molecule has 0 bridgehead atoms. The van der Waals surface area contributed by atoms with Gasteiger partial charge >= 0.3 is 0 Å². The first kappa shape index (κ1) is 25.1. The SMILES string of the molecule is CN(c1ccccc1)S(=O)(=O)c1ccc(C(=O)N(Cc2ccccn2)c2nc3ccc(Br)cc3s2)cc1. The van der Waals surface area contributed by atoms with Crippen LogP contribution in [0.1, 0.15) is 16.1 Å². The van der Waals surface area contributed by atoms with Crippen molar-refractivity contribution in [3.8, 4) is 0 Å². The molecule has 1 amide bonds. The highest BCUT2D eigenvalue weighted by atomic mass is 79.9. The number of amides is 1. The molecule has 0 atom stereocenters. The Morgan fingerprint density at radius 1 is 0.946 bits per heavy atom. The minimum atomic E-state index is -3.79. The number of hydrogen-bond acceptors (Lipinski definition) is 6. The predicted molar refractivity (Wildman–Crippen MR) is 151 cm³/mol. The second-order valence-corrected chi connectivity index (χ2v) is 12.0. The van der Waals surface area contributed by atoms with Gasteiger partial charge in [-0.3, -0.25) is 19.0 Å². The molecule has 37 heavy (non-hydrogen) atoms. The van der Waals surface area contributed by atoms with Crippen molar-refractivity contribution in [3.63, 3.8) is 0 Å². The van der Waals surface area contributed by atoms with E-state index in [1.807, 2.05) is 42.5 Å². The van der Waals surface area contributed by atoms with Crippen LogP contribution in [-0.4, -0.2) is 31.3 Å². The second-order valence-electron chi connectivity index (χ2n) is 8.15. The summed E-state index contributed by atoms with van der Waals surface area (Å²) in [6, 6.07) is 26.1. The molecule has 5 aromatic rings. The van der Waals surface area contributed by atoms with Crippen molar-refractivity contribution in [2.24, 2.45) is 0 Å². The molecule has 5 rings (SSSR count). The Labute approximate surface area is 227 Å². The van der Waals surface area contributed by atoms with Crippen molar-refractivity contribution in [1.29, 1.82) is 0 Å². The zero-order valence-electron chi connectivity index (χ0n) is 19.7. The molecule has 3 aromatic carbocycles. The molecule has 0 fully saturated rings. The van der Waals surface area contributed by atoms with Gasteiger partial charge in [-0.1, -0.05) is 51.5 Å². The van der Waals surface area contributed by atoms with Gasteiger partial charge in [0.25, 0.3) is 15.9 Å². The standard InChI is InChI=1S/C27H21BrN4O3S2/c1-31(22-8-3-2-4-9-22)37(34,35)23-13-10-19(11-14-23)26(33)32(18-21-7-5-6-16-29-21)27-30-24-15-12-20(28)17-25(24)36-27/h2-17H,18H2,1H3. The van der Waals surface area contributed by atoms with Crippen LogP contribution in [0, 0.1) is 0 Å². The van der Waals surface area contributed by atoms with E-state index in [2.05, 4.69) is 25.9 Å². The van der Waals surface area contributed by atoms with Gasteiger partial charge in [-0.15, -0.1) is 0 Å². The molecule has 2 aromatic heterocycles. The van der Waals surface area contributed by atoms with Crippen LogP contribution in [0.25, 0.3) is 10.2 Å². The molecular formula is C27H21BrN4O3S2. The van der Waals surface area contributed by atoms with E-state index in [0.717, 1.165) is 14.7 Å². The number of carbonyl (C=O) groups is 1. The summed E-state index contributed by atoms with van der Waals surface area (Å²) in [5.41, 5.74) is 2.39. The van der Waals surface area contributed by atoms with Crippen LogP contribution in [0.2, 0.25) is 0 Å². The van der Waals surface area contributed by atoms with E-state index in [1.165, 1.54) is 47.0 Å². The third-order valence-corrected chi connectivity index (χ3v) is 9.08. The predicted octanol–water partition coefficient (Wildman–Crippen LogP) is 6.13. The number of nitrogens with zero attached hydrogens (tertiary/aromatic N) is 4. The van der Waals surface area contributed by atoms with Crippen molar-refractivity contribution < 1.29 is 13.2 Å². The summed E-state index contributed by atoms with van der Waals surface area (Å²) < 4.78 is 29.4. The molecule has 0 aliphatic carbocycles. The minimum absolute atomic E-state index is 0.0940. The van der Waals surface area contributed by atoms with E-state index >= 15 is 0 Å². The zero-order chi connectivity index (χ0) is 26.0. The van der Waals surface area contributed by atoms with E-state index in [-0.39, 0.29) is 17.3 Å². The van der Waals surface area contributed by atoms with Gasteiger partial charge in [0.2, 0.25) is 0 Å². The summed E-state index contributed by atoms with van der Waals surface area (Å²) in [6.45, 7) is 0.220. The summed E-state index contributed by atoms with van der Waals surface area (Å²) in [7, 11) is -2.29. The molecule has 0 N–H and O–H groups in total. The molecule has 0 spiro atoms. The molecule has 0 aliphatic rings. The number of anilines is 2. The van der Waals surface area contributed by atoms with Gasteiger partial charge in [-0.25, -0.2) is 13.4 Å². The van der Waals surface area contributed by atoms with Crippen LogP contribution in [0.5, 0.6) is 0 Å². The van der Waals surface area contributed by atoms with Gasteiger partial charge in [0.15, 0.2) is 5.13 Å². The molecule has 2 heterocycles. The number of fused-ring (bicyclic) bond motifs is 1. The molecule has 0 saturated heterocycles. The Morgan fingerprint density at radius 3 is 2.38 bits per heavy atom. The molecule has 0 aliphatic heterocycles. The van der Waals surface area contributed by atoms with Crippen molar-refractivity contribution in [2.75, 3.05) is 16.3 Å². The molecule has 0 unspecified atom stereocenters. The molecule has 10 heteroatoms. The van der Waals surface area contributed by atoms with Crippen molar-refractivity contribution >= 4 is 64.2 Å². The fourth-order valence-electron chi connectivity index (χ4n) is 3.74. The zero-order valence-corrected chi connectivity index (χ0v) is 22.9. The number of sulfonamides is 1. The van der Waals surface area contributed by atoms with Crippen LogP contribution >= 0.6 is 27.3 Å². The monoisotopic (exact) mass is 592 g/mol. The first-order valence-corrected chi connectivity index (χ1v) is 14.3. The van der Waals surface area contributed by atoms with Gasteiger partial charge in [-0.05, 0) is 66.7 Å². The maximum atomic E-state index is 13.7. The highest BCUT2D eigenvalue weighted by Gasteiger charge is 2.25. The lowest BCUT2D eigenvalue weighted by Gasteiger charge is -2.21. The van der Waals surface area contributed by atoms with Crippen LogP contribution in [0.4, 0.5) is 10.8 Å². The van der Waals surface area contributed by atoms with Crippen LogP contribution in [0.15, 0.2) is 107 Å². The number of rotatable bonds is 7. The molecular weight excluding hydrogens is 572 g/mol. The van der Waals surface area contributed by atoms with E-state index in [1.54, 1.807) is 35.4 Å². The van der Waals surface area contributed by atoms with E-state index < -0.39 is 10.0 Å². The molecule has 0 radical (unpaired) electrons. The third kappa shape index (κ3) is 5.27. The number of carbonyl (C=O) groups excluding carboxylic acids is 1. The number of hydrogen-bond donors (Lipinski definition) is 0. The number of aromatic nitrogens is 2. The highest BCUT2D eigenvalue weighted by Crippen LogP contribution is 2.32. The lowest BCUT2D eigenvalue weighted by molar-refractivity contribution is 0.0984. The smallest absolute Gasteiger partial charge is 0.264 e. The number of pyridine rings is 1. The average molecular weight is 594 g/mol. The summed E-state index contributed by atoms with van der Waals surface area (Å²) in [5, 5.41) is 0.532. The topological polar surface area (TPSA) is 83.5 Å². The van der Waals surface area contributed by atoms with E-state index in [0.29, 0.717) is 22.1 Å². The Hall–Kier alpha value is -3.60. The van der Waals surface area contributed by atoms with Crippen molar-refractivity contribution in [1.82, 2.24) is 9.97 Å². The summed E-state index contributed by atoms with van der Waals surface area (Å²) >= 11 is 4.89. The summed E-state index contributed by atoms with van der Waals surface area (Å²) in [6.07, 6.45) is 1.68. The lowest BCUT2D eigenvalue weighted by Crippen LogP contribution is -2.31. The van der Waals surface area contributed by atoms with Crippen LogP contribution < -0.4 is 9.21 Å². The van der Waals surface area contributed by atoms with Gasteiger partial charge in [-0.2, -0.15) is 0 Å². The first-order chi connectivity index (χ1) is 17.8.